The van der Waals surface area contributed by atoms with Crippen molar-refractivity contribution in [1.82, 2.24) is 0 Å². The zero-order valence-corrected chi connectivity index (χ0v) is 12.6. The van der Waals surface area contributed by atoms with Gasteiger partial charge in [0.2, 0.25) is 0 Å². The first-order chi connectivity index (χ1) is 9.01. The monoisotopic (exact) mass is 277 g/mol. The summed E-state index contributed by atoms with van der Waals surface area (Å²) in [6.07, 6.45) is 0.711. The first-order valence-corrected chi connectivity index (χ1v) is 7.31. The Balaban J connectivity index is 2.15. The van der Waals surface area contributed by atoms with Gasteiger partial charge >= 0.3 is 0 Å². The van der Waals surface area contributed by atoms with Gasteiger partial charge < -0.3 is 4.74 Å². The molecule has 0 aromatic heterocycles. The second-order valence-electron chi connectivity index (χ2n) is 5.10. The van der Waals surface area contributed by atoms with Crippen LogP contribution >= 0.6 is 11.8 Å². The van der Waals surface area contributed by atoms with Gasteiger partial charge in [0.25, 0.3) is 5.91 Å². The Morgan fingerprint density at radius 2 is 2.16 bits per heavy atom. The molecule has 1 aromatic rings. The number of benzene rings is 1. The van der Waals surface area contributed by atoms with E-state index in [1.807, 2.05) is 18.2 Å². The topological polar surface area (TPSA) is 38.7 Å². The van der Waals surface area contributed by atoms with Crippen LogP contribution in [0.25, 0.3) is 0 Å². The number of hydrogen-bond donors (Lipinski definition) is 0. The third kappa shape index (κ3) is 3.18. The first-order valence-electron chi connectivity index (χ1n) is 6.43. The summed E-state index contributed by atoms with van der Waals surface area (Å²) in [6.45, 7) is 6.19. The van der Waals surface area contributed by atoms with Crippen LogP contribution < -0.4 is 4.74 Å². The summed E-state index contributed by atoms with van der Waals surface area (Å²) in [6, 6.07) is 6.01. The van der Waals surface area contributed by atoms with Crippen molar-refractivity contribution in [2.75, 3.05) is 7.11 Å². The van der Waals surface area contributed by atoms with Crippen LogP contribution in [0.3, 0.4) is 0 Å². The van der Waals surface area contributed by atoms with Gasteiger partial charge in [-0.05, 0) is 36.1 Å². The predicted octanol–water partition coefficient (Wildman–Crippen LogP) is 3.24. The second kappa shape index (κ2) is 5.78. The maximum atomic E-state index is 11.8. The molecule has 1 unspecified atom stereocenters. The van der Waals surface area contributed by atoms with Gasteiger partial charge in [-0.1, -0.05) is 31.7 Å². The molecule has 102 valence electrons. The average molecular weight is 277 g/mol. The zero-order chi connectivity index (χ0) is 14.0. The maximum Gasteiger partial charge on any atom is 0.260 e. The molecular weight excluding hydrogens is 258 g/mol. The number of aliphatic imine (C=N–C) groups is 1. The van der Waals surface area contributed by atoms with E-state index in [2.05, 4.69) is 25.8 Å². The quantitative estimate of drug-likeness (QED) is 0.848. The van der Waals surface area contributed by atoms with Gasteiger partial charge in [0.05, 0.1) is 17.4 Å². The number of ether oxygens (including phenoxy) is 1. The summed E-state index contributed by atoms with van der Waals surface area (Å²) >= 11 is 1.60. The van der Waals surface area contributed by atoms with E-state index in [0.29, 0.717) is 12.3 Å². The van der Waals surface area contributed by atoms with Crippen molar-refractivity contribution in [2.45, 2.75) is 32.4 Å². The van der Waals surface area contributed by atoms with Crippen LogP contribution in [-0.2, 0) is 11.2 Å². The van der Waals surface area contributed by atoms with Crippen molar-refractivity contribution in [3.63, 3.8) is 0 Å². The van der Waals surface area contributed by atoms with Crippen molar-refractivity contribution in [1.29, 1.82) is 0 Å². The van der Waals surface area contributed by atoms with Crippen LogP contribution in [0.5, 0.6) is 5.75 Å². The largest absolute Gasteiger partial charge is 0.497 e. The van der Waals surface area contributed by atoms with Crippen LogP contribution in [0.15, 0.2) is 23.2 Å². The lowest BCUT2D eigenvalue weighted by Gasteiger charge is -2.11. The highest BCUT2D eigenvalue weighted by molar-refractivity contribution is 8.15. The fraction of sp³-hybridized carbons (Fsp3) is 0.467. The smallest absolute Gasteiger partial charge is 0.260 e. The Morgan fingerprint density at radius 1 is 1.42 bits per heavy atom. The molecule has 1 aromatic carbocycles. The Bertz CT molecular complexity index is 523. The van der Waals surface area contributed by atoms with Gasteiger partial charge in [0.15, 0.2) is 0 Å². The minimum Gasteiger partial charge on any atom is -0.497 e. The molecule has 19 heavy (non-hydrogen) atoms. The number of hydrogen-bond acceptors (Lipinski definition) is 3. The highest BCUT2D eigenvalue weighted by atomic mass is 32.2. The first kappa shape index (κ1) is 14.1. The van der Waals surface area contributed by atoms with Gasteiger partial charge in [0, 0.05) is 6.42 Å². The van der Waals surface area contributed by atoms with Crippen LogP contribution in [0.2, 0.25) is 0 Å². The maximum absolute atomic E-state index is 11.8. The summed E-state index contributed by atoms with van der Waals surface area (Å²) in [5, 5.41) is 0.904. The van der Waals surface area contributed by atoms with Gasteiger partial charge in [-0.25, -0.2) is 4.99 Å². The van der Waals surface area contributed by atoms with Crippen molar-refractivity contribution >= 4 is 22.7 Å². The molecule has 0 bridgehead atoms. The van der Waals surface area contributed by atoms with E-state index in [9.17, 15) is 4.79 Å². The van der Waals surface area contributed by atoms with Crippen molar-refractivity contribution in [3.05, 3.63) is 29.3 Å². The van der Waals surface area contributed by atoms with Crippen molar-refractivity contribution in [3.8, 4) is 5.75 Å². The summed E-state index contributed by atoms with van der Waals surface area (Å²) < 4.78 is 5.24. The lowest BCUT2D eigenvalue weighted by atomic mass is 10.1. The molecule has 2 rings (SSSR count). The van der Waals surface area contributed by atoms with Crippen LogP contribution in [0.1, 0.15) is 25.0 Å². The molecule has 0 N–H and O–H groups in total. The molecule has 1 aliphatic rings. The molecular formula is C15H19NO2S. The molecule has 0 fully saturated rings. The number of carbonyl (C=O) groups is 1. The molecule has 0 aliphatic carbocycles. The third-order valence-corrected chi connectivity index (χ3v) is 4.75. The summed E-state index contributed by atoms with van der Waals surface area (Å²) in [5.41, 5.74) is 2.37. The van der Waals surface area contributed by atoms with E-state index < -0.39 is 0 Å². The lowest BCUT2D eigenvalue weighted by Crippen LogP contribution is -2.17. The second-order valence-corrected chi connectivity index (χ2v) is 6.31. The SMILES string of the molecule is COc1ccc(C)c(CC2=NC(=O)C(C(C)C)S2)c1. The van der Waals surface area contributed by atoms with E-state index in [1.54, 1.807) is 18.9 Å². The van der Waals surface area contributed by atoms with E-state index in [0.717, 1.165) is 10.8 Å². The summed E-state index contributed by atoms with van der Waals surface area (Å²) in [5.74, 6) is 1.18. The number of nitrogens with zero attached hydrogens (tertiary/aromatic N) is 1. The fourth-order valence-corrected chi connectivity index (χ4v) is 3.14. The molecule has 0 radical (unpaired) electrons. The van der Waals surface area contributed by atoms with Gasteiger partial charge in [0.1, 0.15) is 5.75 Å². The molecule has 3 nitrogen and oxygen atoms in total. The van der Waals surface area contributed by atoms with Crippen LogP contribution in [-0.4, -0.2) is 23.3 Å². The van der Waals surface area contributed by atoms with Gasteiger partial charge in [-0.3, -0.25) is 4.79 Å². The highest BCUT2D eigenvalue weighted by Crippen LogP contribution is 2.31. The average Bonchev–Trinajstić information content (AvgIpc) is 2.73. The number of rotatable bonds is 4. The predicted molar refractivity (Wildman–Crippen MR) is 80.1 cm³/mol. The minimum atomic E-state index is -0.0130. The number of thioether (sulfide) groups is 1. The molecule has 0 saturated carbocycles. The molecule has 1 atom stereocenters. The fourth-order valence-electron chi connectivity index (χ4n) is 2.04. The van der Waals surface area contributed by atoms with E-state index >= 15 is 0 Å². The molecule has 0 spiro atoms. The minimum absolute atomic E-state index is 0.00977. The Hall–Kier alpha value is -1.29. The zero-order valence-electron chi connectivity index (χ0n) is 11.8. The number of methoxy groups -OCH3 is 1. The van der Waals surface area contributed by atoms with Crippen LogP contribution in [0, 0.1) is 12.8 Å². The standard InChI is InChI=1S/C15H19NO2S/c1-9(2)14-15(17)16-13(19-14)8-11-7-12(18-4)6-5-10(11)3/h5-7,9,14H,8H2,1-4H3. The van der Waals surface area contributed by atoms with Crippen LogP contribution in [0.4, 0.5) is 0 Å². The lowest BCUT2D eigenvalue weighted by molar-refractivity contribution is -0.117. The number of aryl methyl sites for hydroxylation is 1. The molecule has 4 heteroatoms. The Labute approximate surface area is 118 Å². The highest BCUT2D eigenvalue weighted by Gasteiger charge is 2.30. The van der Waals surface area contributed by atoms with Crippen molar-refractivity contribution in [2.24, 2.45) is 10.9 Å². The third-order valence-electron chi connectivity index (χ3n) is 3.24. The van der Waals surface area contributed by atoms with Gasteiger partial charge in [-0.2, -0.15) is 0 Å². The van der Waals surface area contributed by atoms with Crippen molar-refractivity contribution < 1.29 is 9.53 Å². The van der Waals surface area contributed by atoms with E-state index in [4.69, 9.17) is 4.74 Å². The van der Waals surface area contributed by atoms with E-state index in [1.165, 1.54) is 11.1 Å². The molecule has 1 heterocycles. The Kier molecular flexibility index (Phi) is 4.30. The molecule has 0 saturated heterocycles. The van der Waals surface area contributed by atoms with Gasteiger partial charge in [-0.15, -0.1) is 0 Å². The number of carbonyl (C=O) groups excluding carboxylic acids is 1. The molecule has 1 aliphatic heterocycles. The summed E-state index contributed by atoms with van der Waals surface area (Å²) in [4.78, 5) is 16.0. The number of amides is 1. The van der Waals surface area contributed by atoms with E-state index in [-0.39, 0.29) is 11.2 Å². The summed E-state index contributed by atoms with van der Waals surface area (Å²) in [7, 11) is 1.66. The normalized spacial score (nSPS) is 18.9. The molecule has 1 amide bonds. The Morgan fingerprint density at radius 3 is 2.74 bits per heavy atom.